The standard InChI is InChI=1S/C16H22N2O2/c17-7-11-4-10(8-20-11)16(19)18-15-6-9-5-14(15)13-3-1-2-12(9)13/h4,8-9,12-15H,1-3,5-7,17H2,(H,18,19). The Balaban J connectivity index is 1.44. The number of carbonyl (C=O) groups is 1. The monoisotopic (exact) mass is 274 g/mol. The van der Waals surface area contributed by atoms with E-state index in [1.54, 1.807) is 6.07 Å². The van der Waals surface area contributed by atoms with E-state index in [0.717, 1.165) is 23.7 Å². The number of rotatable bonds is 3. The Bertz CT molecular complexity index is 524. The van der Waals surface area contributed by atoms with Gasteiger partial charge in [-0.2, -0.15) is 0 Å². The molecule has 1 amide bonds. The molecule has 0 saturated heterocycles. The first-order valence-corrected chi connectivity index (χ1v) is 7.84. The Morgan fingerprint density at radius 2 is 2.15 bits per heavy atom. The van der Waals surface area contributed by atoms with Crippen molar-refractivity contribution in [2.45, 2.75) is 44.7 Å². The molecule has 3 saturated carbocycles. The number of hydrogen-bond donors (Lipinski definition) is 2. The van der Waals surface area contributed by atoms with Gasteiger partial charge in [-0.3, -0.25) is 4.79 Å². The van der Waals surface area contributed by atoms with Gasteiger partial charge in [0, 0.05) is 6.04 Å². The molecule has 5 atom stereocenters. The second-order valence-corrected chi connectivity index (χ2v) is 6.74. The predicted molar refractivity (Wildman–Crippen MR) is 74.9 cm³/mol. The quantitative estimate of drug-likeness (QED) is 0.888. The molecule has 4 nitrogen and oxygen atoms in total. The summed E-state index contributed by atoms with van der Waals surface area (Å²) >= 11 is 0. The molecular weight excluding hydrogens is 252 g/mol. The Morgan fingerprint density at radius 3 is 2.95 bits per heavy atom. The summed E-state index contributed by atoms with van der Waals surface area (Å²) in [6.07, 6.45) is 8.22. The van der Waals surface area contributed by atoms with Gasteiger partial charge in [0.15, 0.2) is 0 Å². The molecular formula is C16H22N2O2. The van der Waals surface area contributed by atoms with Crippen molar-refractivity contribution in [1.29, 1.82) is 0 Å². The van der Waals surface area contributed by atoms with Crippen molar-refractivity contribution in [3.8, 4) is 0 Å². The van der Waals surface area contributed by atoms with Gasteiger partial charge < -0.3 is 15.5 Å². The van der Waals surface area contributed by atoms with E-state index in [0.29, 0.717) is 23.9 Å². The van der Waals surface area contributed by atoms with Crippen LogP contribution < -0.4 is 11.1 Å². The molecule has 3 aliphatic rings. The first-order chi connectivity index (χ1) is 9.76. The maximum absolute atomic E-state index is 12.3. The lowest BCUT2D eigenvalue weighted by Crippen LogP contribution is -2.42. The lowest BCUT2D eigenvalue weighted by atomic mass is 9.79. The predicted octanol–water partition coefficient (Wildman–Crippen LogP) is 2.29. The normalized spacial score (nSPS) is 38.1. The van der Waals surface area contributed by atoms with Crippen molar-refractivity contribution in [3.05, 3.63) is 23.7 Å². The summed E-state index contributed by atoms with van der Waals surface area (Å²) in [5, 5.41) is 3.24. The van der Waals surface area contributed by atoms with Crippen molar-refractivity contribution >= 4 is 5.91 Å². The van der Waals surface area contributed by atoms with Crippen molar-refractivity contribution in [2.75, 3.05) is 0 Å². The van der Waals surface area contributed by atoms with Crippen molar-refractivity contribution in [2.24, 2.45) is 29.4 Å². The highest BCUT2D eigenvalue weighted by Gasteiger charge is 2.54. The second-order valence-electron chi connectivity index (χ2n) is 6.74. The van der Waals surface area contributed by atoms with Gasteiger partial charge in [-0.15, -0.1) is 0 Å². The molecule has 1 aromatic rings. The third-order valence-corrected chi connectivity index (χ3v) is 5.86. The largest absolute Gasteiger partial charge is 0.467 e. The Labute approximate surface area is 119 Å². The SMILES string of the molecule is NCc1cc(C(=O)NC2CC3CC2C2CCCC32)co1. The number of furan rings is 1. The Morgan fingerprint density at radius 1 is 1.30 bits per heavy atom. The van der Waals surface area contributed by atoms with Crippen molar-refractivity contribution < 1.29 is 9.21 Å². The fourth-order valence-corrected chi connectivity index (χ4v) is 5.09. The molecule has 1 aromatic heterocycles. The summed E-state index contributed by atoms with van der Waals surface area (Å²) in [6, 6.07) is 2.13. The van der Waals surface area contributed by atoms with E-state index in [4.69, 9.17) is 10.2 Å². The maximum atomic E-state index is 12.3. The fraction of sp³-hybridized carbons (Fsp3) is 0.688. The molecule has 4 heteroatoms. The molecule has 4 rings (SSSR count). The highest BCUT2D eigenvalue weighted by Crippen LogP contribution is 2.58. The van der Waals surface area contributed by atoms with Crippen LogP contribution in [-0.4, -0.2) is 11.9 Å². The van der Waals surface area contributed by atoms with E-state index in [-0.39, 0.29) is 5.91 Å². The average Bonchev–Trinajstić information content (AvgIpc) is 3.19. The van der Waals surface area contributed by atoms with Crippen LogP contribution in [-0.2, 0) is 6.54 Å². The van der Waals surface area contributed by atoms with Crippen LogP contribution in [0.3, 0.4) is 0 Å². The van der Waals surface area contributed by atoms with Crippen LogP contribution in [0.4, 0.5) is 0 Å². The lowest BCUT2D eigenvalue weighted by molar-refractivity contribution is 0.0900. The molecule has 0 aliphatic heterocycles. The third-order valence-electron chi connectivity index (χ3n) is 5.86. The van der Waals surface area contributed by atoms with Crippen LogP contribution in [0.2, 0.25) is 0 Å². The van der Waals surface area contributed by atoms with E-state index in [2.05, 4.69) is 5.32 Å². The Hall–Kier alpha value is -1.29. The topological polar surface area (TPSA) is 68.3 Å². The van der Waals surface area contributed by atoms with Crippen LogP contribution in [0.1, 0.15) is 48.2 Å². The van der Waals surface area contributed by atoms with E-state index < -0.39 is 0 Å². The van der Waals surface area contributed by atoms with Crippen LogP contribution in [0.15, 0.2) is 16.7 Å². The van der Waals surface area contributed by atoms with Crippen LogP contribution in [0, 0.1) is 23.7 Å². The summed E-state index contributed by atoms with van der Waals surface area (Å²) in [5.74, 6) is 4.09. The summed E-state index contributed by atoms with van der Waals surface area (Å²) in [6.45, 7) is 0.338. The molecule has 3 N–H and O–H groups in total. The smallest absolute Gasteiger partial charge is 0.254 e. The number of carbonyl (C=O) groups excluding carboxylic acids is 1. The molecule has 3 fully saturated rings. The van der Waals surface area contributed by atoms with E-state index in [1.165, 1.54) is 38.4 Å². The lowest BCUT2D eigenvalue weighted by Gasteiger charge is -2.31. The third kappa shape index (κ3) is 1.81. The summed E-state index contributed by atoms with van der Waals surface area (Å²) in [4.78, 5) is 12.3. The van der Waals surface area contributed by atoms with Crippen molar-refractivity contribution in [1.82, 2.24) is 5.32 Å². The molecule has 0 spiro atoms. The fourth-order valence-electron chi connectivity index (χ4n) is 5.09. The van der Waals surface area contributed by atoms with Gasteiger partial charge >= 0.3 is 0 Å². The van der Waals surface area contributed by atoms with Crippen LogP contribution in [0.5, 0.6) is 0 Å². The van der Waals surface area contributed by atoms with Gasteiger partial charge in [-0.05, 0) is 55.4 Å². The zero-order valence-electron chi connectivity index (χ0n) is 11.7. The van der Waals surface area contributed by atoms with Gasteiger partial charge in [0.05, 0.1) is 12.1 Å². The second kappa shape index (κ2) is 4.62. The molecule has 3 aliphatic carbocycles. The molecule has 108 valence electrons. The summed E-state index contributed by atoms with van der Waals surface area (Å²) in [7, 11) is 0. The van der Waals surface area contributed by atoms with E-state index in [1.807, 2.05) is 0 Å². The zero-order chi connectivity index (χ0) is 13.7. The van der Waals surface area contributed by atoms with E-state index >= 15 is 0 Å². The Kier molecular flexibility index (Phi) is 2.88. The van der Waals surface area contributed by atoms with Gasteiger partial charge in [0.2, 0.25) is 0 Å². The number of fused-ring (bicyclic) bond motifs is 5. The molecule has 0 radical (unpaired) electrons. The molecule has 20 heavy (non-hydrogen) atoms. The number of amides is 1. The first kappa shape index (κ1) is 12.5. The van der Waals surface area contributed by atoms with Gasteiger partial charge in [-0.1, -0.05) is 6.42 Å². The first-order valence-electron chi connectivity index (χ1n) is 7.84. The van der Waals surface area contributed by atoms with Gasteiger partial charge in [0.25, 0.3) is 5.91 Å². The van der Waals surface area contributed by atoms with Crippen LogP contribution in [0.25, 0.3) is 0 Å². The van der Waals surface area contributed by atoms with Gasteiger partial charge in [0.1, 0.15) is 12.0 Å². The molecule has 2 bridgehead atoms. The van der Waals surface area contributed by atoms with Crippen LogP contribution >= 0.6 is 0 Å². The minimum Gasteiger partial charge on any atom is -0.467 e. The summed E-state index contributed by atoms with van der Waals surface area (Å²) in [5.41, 5.74) is 6.12. The summed E-state index contributed by atoms with van der Waals surface area (Å²) < 4.78 is 5.24. The number of hydrogen-bond acceptors (Lipinski definition) is 3. The highest BCUT2D eigenvalue weighted by molar-refractivity contribution is 5.94. The minimum atomic E-state index is 0.000506. The molecule has 1 heterocycles. The molecule has 0 aromatic carbocycles. The zero-order valence-corrected chi connectivity index (χ0v) is 11.7. The van der Waals surface area contributed by atoms with Crippen molar-refractivity contribution in [3.63, 3.8) is 0 Å². The highest BCUT2D eigenvalue weighted by atomic mass is 16.3. The average molecular weight is 274 g/mol. The van der Waals surface area contributed by atoms with Gasteiger partial charge in [-0.25, -0.2) is 0 Å². The maximum Gasteiger partial charge on any atom is 0.254 e. The molecule has 5 unspecified atom stereocenters. The number of nitrogens with two attached hydrogens (primary N) is 1. The van der Waals surface area contributed by atoms with E-state index in [9.17, 15) is 4.79 Å². The minimum absolute atomic E-state index is 0.000506. The number of nitrogens with one attached hydrogen (secondary N) is 1.